The minimum absolute atomic E-state index is 0.0278. The Balaban J connectivity index is 1.74. The molecule has 3 rings (SSSR count). The summed E-state index contributed by atoms with van der Waals surface area (Å²) in [7, 11) is 0. The van der Waals surface area contributed by atoms with Crippen LogP contribution in [0.2, 0.25) is 5.02 Å². The Bertz CT molecular complexity index is 932. The van der Waals surface area contributed by atoms with E-state index < -0.39 is 6.10 Å². The fraction of sp³-hybridized carbons (Fsp3) is 0.455. The van der Waals surface area contributed by atoms with E-state index in [4.69, 9.17) is 16.3 Å². The number of pyridine rings is 1. The molecule has 1 fully saturated rings. The molecular formula is C22H27ClN4O3. The number of benzene rings is 1. The lowest BCUT2D eigenvalue weighted by Gasteiger charge is -2.29. The van der Waals surface area contributed by atoms with Crippen molar-refractivity contribution < 1.29 is 14.6 Å². The lowest BCUT2D eigenvalue weighted by Crippen LogP contribution is -2.44. The lowest BCUT2D eigenvalue weighted by atomic mass is 9.87. The molecule has 8 heteroatoms. The molecule has 1 saturated heterocycles. The maximum Gasteiger partial charge on any atom is 0.240 e. The van der Waals surface area contributed by atoms with E-state index >= 15 is 0 Å². The molecule has 1 aromatic heterocycles. The van der Waals surface area contributed by atoms with Crippen LogP contribution in [0.5, 0.6) is 5.75 Å². The number of aromatic nitrogens is 1. The number of carbonyl (C=O) groups excluding carboxylic acids is 1. The highest BCUT2D eigenvalue weighted by Gasteiger charge is 2.19. The van der Waals surface area contributed by atoms with Crippen LogP contribution in [0.25, 0.3) is 0 Å². The summed E-state index contributed by atoms with van der Waals surface area (Å²) < 4.78 is 5.82. The summed E-state index contributed by atoms with van der Waals surface area (Å²) in [5, 5.41) is 14.4. The van der Waals surface area contributed by atoms with Crippen molar-refractivity contribution in [2.75, 3.05) is 37.7 Å². The Labute approximate surface area is 181 Å². The van der Waals surface area contributed by atoms with Crippen molar-refractivity contribution in [2.24, 2.45) is 4.99 Å². The van der Waals surface area contributed by atoms with Gasteiger partial charge >= 0.3 is 0 Å². The second kappa shape index (κ2) is 9.58. The van der Waals surface area contributed by atoms with Crippen molar-refractivity contribution in [3.63, 3.8) is 0 Å². The van der Waals surface area contributed by atoms with Crippen molar-refractivity contribution in [3.8, 4) is 5.75 Å². The number of hydrogen-bond donors (Lipinski definition) is 2. The summed E-state index contributed by atoms with van der Waals surface area (Å²) >= 11 is 6.43. The van der Waals surface area contributed by atoms with Crippen LogP contribution < -0.4 is 15.0 Å². The van der Waals surface area contributed by atoms with Gasteiger partial charge in [-0.15, -0.1) is 0 Å². The van der Waals surface area contributed by atoms with Gasteiger partial charge in [0.25, 0.3) is 0 Å². The fourth-order valence-corrected chi connectivity index (χ4v) is 3.53. The molecule has 1 aromatic carbocycles. The van der Waals surface area contributed by atoms with Crippen LogP contribution in [-0.2, 0) is 10.2 Å². The van der Waals surface area contributed by atoms with E-state index in [1.807, 2.05) is 12.1 Å². The number of hydrogen-bond acceptors (Lipinski definition) is 7. The number of aliphatic hydroxyl groups excluding tert-OH is 1. The first-order valence-corrected chi connectivity index (χ1v) is 10.3. The number of aliphatic hydroxyl groups is 1. The Morgan fingerprint density at radius 3 is 2.70 bits per heavy atom. The van der Waals surface area contributed by atoms with E-state index in [-0.39, 0.29) is 12.0 Å². The number of piperazine rings is 1. The van der Waals surface area contributed by atoms with Gasteiger partial charge in [-0.25, -0.2) is 9.78 Å². The number of nitrogens with zero attached hydrogens (tertiary/aromatic N) is 3. The van der Waals surface area contributed by atoms with Gasteiger partial charge in [0.2, 0.25) is 6.08 Å². The summed E-state index contributed by atoms with van der Waals surface area (Å²) in [6, 6.07) is 7.17. The Hall–Kier alpha value is -2.44. The minimum Gasteiger partial charge on any atom is -0.488 e. The molecule has 0 spiro atoms. The van der Waals surface area contributed by atoms with Gasteiger partial charge in [-0.3, -0.25) is 0 Å². The van der Waals surface area contributed by atoms with Gasteiger partial charge in [0.1, 0.15) is 30.0 Å². The number of aliphatic imine (C=N–C) groups is 1. The van der Waals surface area contributed by atoms with Gasteiger partial charge in [0, 0.05) is 37.9 Å². The van der Waals surface area contributed by atoms with Crippen LogP contribution in [0, 0.1) is 0 Å². The third-order valence-corrected chi connectivity index (χ3v) is 5.31. The quantitative estimate of drug-likeness (QED) is 0.538. The lowest BCUT2D eigenvalue weighted by molar-refractivity contribution is 0.108. The second-order valence-electron chi connectivity index (χ2n) is 8.27. The van der Waals surface area contributed by atoms with Gasteiger partial charge in [-0.2, -0.15) is 4.99 Å². The van der Waals surface area contributed by atoms with Gasteiger partial charge < -0.3 is 20.1 Å². The molecule has 30 heavy (non-hydrogen) atoms. The molecule has 1 aliphatic rings. The molecule has 1 atom stereocenters. The van der Waals surface area contributed by atoms with Crippen molar-refractivity contribution in [2.45, 2.75) is 32.3 Å². The molecule has 0 unspecified atom stereocenters. The van der Waals surface area contributed by atoms with Gasteiger partial charge in [-0.05, 0) is 29.2 Å². The number of halogens is 1. The van der Waals surface area contributed by atoms with E-state index in [2.05, 4.69) is 41.0 Å². The average Bonchev–Trinajstić information content (AvgIpc) is 2.72. The third kappa shape index (κ3) is 5.37. The van der Waals surface area contributed by atoms with E-state index in [0.29, 0.717) is 22.0 Å². The number of rotatable bonds is 6. The smallest absolute Gasteiger partial charge is 0.240 e. The predicted molar refractivity (Wildman–Crippen MR) is 118 cm³/mol. The maximum absolute atomic E-state index is 10.7. The zero-order valence-electron chi connectivity index (χ0n) is 17.5. The molecule has 0 radical (unpaired) electrons. The molecule has 0 amide bonds. The number of anilines is 1. The monoisotopic (exact) mass is 430 g/mol. The molecule has 2 N–H and O–H groups in total. The van der Waals surface area contributed by atoms with Crippen LogP contribution in [-0.4, -0.2) is 49.0 Å². The molecule has 0 bridgehead atoms. The van der Waals surface area contributed by atoms with Gasteiger partial charge in [-0.1, -0.05) is 38.4 Å². The van der Waals surface area contributed by atoms with Crippen molar-refractivity contribution in [3.05, 3.63) is 46.6 Å². The fourth-order valence-electron chi connectivity index (χ4n) is 3.24. The first-order valence-electron chi connectivity index (χ1n) is 9.94. The normalized spacial score (nSPS) is 15.4. The molecule has 160 valence electrons. The first-order chi connectivity index (χ1) is 14.3. The Morgan fingerprint density at radius 1 is 1.33 bits per heavy atom. The van der Waals surface area contributed by atoms with E-state index in [1.165, 1.54) is 0 Å². The second-order valence-corrected chi connectivity index (χ2v) is 8.68. The third-order valence-electron chi connectivity index (χ3n) is 5.03. The highest BCUT2D eigenvalue weighted by atomic mass is 35.5. The Kier molecular flexibility index (Phi) is 7.10. The van der Waals surface area contributed by atoms with E-state index in [9.17, 15) is 9.90 Å². The summed E-state index contributed by atoms with van der Waals surface area (Å²) in [6.07, 6.45) is 2.23. The van der Waals surface area contributed by atoms with Crippen LogP contribution in [0.3, 0.4) is 0 Å². The van der Waals surface area contributed by atoms with Gasteiger partial charge in [0.15, 0.2) is 0 Å². The van der Waals surface area contributed by atoms with Crippen LogP contribution >= 0.6 is 11.6 Å². The van der Waals surface area contributed by atoms with Crippen molar-refractivity contribution in [1.82, 2.24) is 10.3 Å². The number of nitrogens with one attached hydrogen (secondary N) is 1. The zero-order chi connectivity index (χ0) is 21.7. The highest BCUT2D eigenvalue weighted by Crippen LogP contribution is 2.34. The standard InChI is InChI=1S/C22H27ClN4O3/c1-22(2,3)16-4-5-18(26-14-28)20(11-16)30-13-19(29)15-10-17(23)21(25-12-15)27-8-6-24-7-9-27/h4-5,10-12,19,24,29H,6-9,13H2,1-3H3/t19-/m1/s1. The first kappa shape index (κ1) is 22.2. The topological polar surface area (TPSA) is 87.0 Å². The molecule has 1 aliphatic heterocycles. The van der Waals surface area contributed by atoms with Crippen molar-refractivity contribution >= 4 is 29.2 Å². The van der Waals surface area contributed by atoms with Crippen LogP contribution in [0.15, 0.2) is 35.5 Å². The van der Waals surface area contributed by atoms with Gasteiger partial charge in [0.05, 0.1) is 5.02 Å². The summed E-state index contributed by atoms with van der Waals surface area (Å²) in [6.45, 7) is 9.65. The Morgan fingerprint density at radius 2 is 2.07 bits per heavy atom. The molecular weight excluding hydrogens is 404 g/mol. The molecule has 0 aliphatic carbocycles. The van der Waals surface area contributed by atoms with Crippen LogP contribution in [0.1, 0.15) is 38.0 Å². The summed E-state index contributed by atoms with van der Waals surface area (Å²) in [5.74, 6) is 1.14. The average molecular weight is 431 g/mol. The van der Waals surface area contributed by atoms with E-state index in [1.54, 1.807) is 24.4 Å². The molecule has 2 aromatic rings. The summed E-state index contributed by atoms with van der Waals surface area (Å²) in [4.78, 5) is 21.0. The maximum atomic E-state index is 10.7. The SMILES string of the molecule is CC(C)(C)c1ccc(N=C=O)c(OC[C@@H](O)c2cnc(N3CCNCC3)c(Cl)c2)c1. The number of isocyanates is 1. The molecule has 7 nitrogen and oxygen atoms in total. The predicted octanol–water partition coefficient (Wildman–Crippen LogP) is 3.52. The largest absolute Gasteiger partial charge is 0.488 e. The summed E-state index contributed by atoms with van der Waals surface area (Å²) in [5.41, 5.74) is 1.86. The number of ether oxygens (including phenoxy) is 1. The minimum atomic E-state index is -0.932. The zero-order valence-corrected chi connectivity index (χ0v) is 18.2. The van der Waals surface area contributed by atoms with Crippen LogP contribution in [0.4, 0.5) is 11.5 Å². The molecule has 0 saturated carbocycles. The highest BCUT2D eigenvalue weighted by molar-refractivity contribution is 6.33. The van der Waals surface area contributed by atoms with E-state index in [0.717, 1.165) is 37.6 Å². The molecule has 2 heterocycles. The van der Waals surface area contributed by atoms with Crippen molar-refractivity contribution in [1.29, 1.82) is 0 Å².